The van der Waals surface area contributed by atoms with Crippen LogP contribution in [-0.2, 0) is 27.8 Å². The van der Waals surface area contributed by atoms with Crippen LogP contribution in [0.15, 0.2) is 58.8 Å². The van der Waals surface area contributed by atoms with Crippen molar-refractivity contribution in [3.63, 3.8) is 0 Å². The highest BCUT2D eigenvalue weighted by molar-refractivity contribution is 7.89. The van der Waals surface area contributed by atoms with Gasteiger partial charge in [0.15, 0.2) is 0 Å². The molecule has 1 aliphatic rings. The molecule has 4 rings (SSSR count). The Morgan fingerprint density at radius 3 is 2.62 bits per heavy atom. The molecular formula is C23H23N3O4S2. The maximum absolute atomic E-state index is 13.2. The summed E-state index contributed by atoms with van der Waals surface area (Å²) in [5.74, 6) is -0.717. The highest BCUT2D eigenvalue weighted by Crippen LogP contribution is 2.29. The van der Waals surface area contributed by atoms with Gasteiger partial charge >= 0.3 is 0 Å². The number of aryl methyl sites for hydroxylation is 1. The van der Waals surface area contributed by atoms with E-state index in [4.69, 9.17) is 0 Å². The van der Waals surface area contributed by atoms with E-state index < -0.39 is 15.9 Å². The quantitative estimate of drug-likeness (QED) is 0.590. The van der Waals surface area contributed by atoms with Crippen LogP contribution < -0.4 is 10.6 Å². The zero-order valence-corrected chi connectivity index (χ0v) is 19.3. The number of hydrogen-bond donors (Lipinski definition) is 2. The number of thiophene rings is 1. The van der Waals surface area contributed by atoms with E-state index in [0.29, 0.717) is 30.9 Å². The first-order valence-corrected chi connectivity index (χ1v) is 12.4. The average Bonchev–Trinajstić information content (AvgIpc) is 3.23. The van der Waals surface area contributed by atoms with Crippen molar-refractivity contribution < 1.29 is 18.0 Å². The van der Waals surface area contributed by atoms with Gasteiger partial charge in [0.1, 0.15) is 0 Å². The SMILES string of the molecule is CC(=O)Nc1ccc(C)cc1NC(=O)c1cccc(S(=O)(=O)N2CCc3sccc3C2)c1. The van der Waals surface area contributed by atoms with Crippen LogP contribution >= 0.6 is 11.3 Å². The average molecular weight is 470 g/mol. The molecule has 0 aliphatic carbocycles. The summed E-state index contributed by atoms with van der Waals surface area (Å²) < 4.78 is 27.9. The van der Waals surface area contributed by atoms with E-state index in [-0.39, 0.29) is 16.4 Å². The number of carbonyl (C=O) groups excluding carboxylic acids is 2. The van der Waals surface area contributed by atoms with Crippen molar-refractivity contribution in [2.75, 3.05) is 17.2 Å². The van der Waals surface area contributed by atoms with Crippen LogP contribution in [0.25, 0.3) is 0 Å². The molecule has 9 heteroatoms. The number of anilines is 2. The molecule has 0 atom stereocenters. The van der Waals surface area contributed by atoms with Gasteiger partial charge in [0.05, 0.1) is 16.3 Å². The molecule has 0 radical (unpaired) electrons. The van der Waals surface area contributed by atoms with Crippen LogP contribution in [0.5, 0.6) is 0 Å². The zero-order valence-electron chi connectivity index (χ0n) is 17.7. The van der Waals surface area contributed by atoms with Crippen molar-refractivity contribution in [2.45, 2.75) is 31.7 Å². The lowest BCUT2D eigenvalue weighted by atomic mass is 10.1. The minimum Gasteiger partial charge on any atom is -0.325 e. The van der Waals surface area contributed by atoms with E-state index in [2.05, 4.69) is 10.6 Å². The number of amides is 2. The highest BCUT2D eigenvalue weighted by atomic mass is 32.2. The normalized spacial score (nSPS) is 13.9. The molecule has 0 fully saturated rings. The molecule has 1 aromatic heterocycles. The first-order chi connectivity index (χ1) is 15.2. The third-order valence-corrected chi connectivity index (χ3v) is 8.10. The second-order valence-corrected chi connectivity index (χ2v) is 10.6. The fraction of sp³-hybridized carbons (Fsp3) is 0.217. The van der Waals surface area contributed by atoms with Gasteiger partial charge in [0.25, 0.3) is 5.91 Å². The van der Waals surface area contributed by atoms with E-state index in [0.717, 1.165) is 11.1 Å². The van der Waals surface area contributed by atoms with Crippen LogP contribution in [0.2, 0.25) is 0 Å². The van der Waals surface area contributed by atoms with Gasteiger partial charge in [-0.1, -0.05) is 12.1 Å². The molecule has 3 aromatic rings. The monoisotopic (exact) mass is 469 g/mol. The van der Waals surface area contributed by atoms with Crippen molar-refractivity contribution in [2.24, 2.45) is 0 Å². The Labute approximate surface area is 191 Å². The summed E-state index contributed by atoms with van der Waals surface area (Å²) in [6.07, 6.45) is 0.686. The number of rotatable bonds is 5. The lowest BCUT2D eigenvalue weighted by molar-refractivity contribution is -0.114. The Bertz CT molecular complexity index is 1300. The number of benzene rings is 2. The maximum Gasteiger partial charge on any atom is 0.255 e. The molecule has 1 aliphatic heterocycles. The van der Waals surface area contributed by atoms with Gasteiger partial charge < -0.3 is 10.6 Å². The van der Waals surface area contributed by atoms with Crippen molar-refractivity contribution in [1.29, 1.82) is 0 Å². The molecule has 0 saturated carbocycles. The molecule has 2 amide bonds. The smallest absolute Gasteiger partial charge is 0.255 e. The van der Waals surface area contributed by atoms with Crippen molar-refractivity contribution >= 4 is 44.5 Å². The van der Waals surface area contributed by atoms with Gasteiger partial charge in [-0.05, 0) is 66.2 Å². The summed E-state index contributed by atoms with van der Waals surface area (Å²) in [4.78, 5) is 25.7. The second kappa shape index (κ2) is 8.85. The predicted molar refractivity (Wildman–Crippen MR) is 125 cm³/mol. The van der Waals surface area contributed by atoms with Crippen LogP contribution in [-0.4, -0.2) is 31.1 Å². The Kier molecular flexibility index (Phi) is 6.14. The van der Waals surface area contributed by atoms with Crippen LogP contribution in [0.1, 0.15) is 33.3 Å². The van der Waals surface area contributed by atoms with Crippen molar-refractivity contribution in [3.8, 4) is 0 Å². The van der Waals surface area contributed by atoms with Crippen LogP contribution in [0, 0.1) is 6.92 Å². The molecule has 32 heavy (non-hydrogen) atoms. The van der Waals surface area contributed by atoms with Gasteiger partial charge in [0.2, 0.25) is 15.9 Å². The molecule has 2 N–H and O–H groups in total. The molecule has 2 heterocycles. The largest absolute Gasteiger partial charge is 0.325 e. The number of nitrogens with one attached hydrogen (secondary N) is 2. The van der Waals surface area contributed by atoms with E-state index in [1.807, 2.05) is 24.4 Å². The van der Waals surface area contributed by atoms with E-state index in [1.165, 1.54) is 28.2 Å². The van der Waals surface area contributed by atoms with Gasteiger partial charge in [-0.15, -0.1) is 11.3 Å². The molecule has 0 saturated heterocycles. The molecule has 166 valence electrons. The lowest BCUT2D eigenvalue weighted by Crippen LogP contribution is -2.35. The fourth-order valence-electron chi connectivity index (χ4n) is 3.63. The number of carbonyl (C=O) groups is 2. The topological polar surface area (TPSA) is 95.6 Å². The standard InChI is InChI=1S/C23H23N3O4S2/c1-15-6-7-20(24-16(2)27)21(12-15)25-23(28)17-4-3-5-19(13-17)32(29,30)26-10-8-22-18(14-26)9-11-31-22/h3-7,9,11-13H,8,10,14H2,1-2H3,(H,24,27)(H,25,28). The molecular weight excluding hydrogens is 446 g/mol. The molecule has 0 unspecified atom stereocenters. The Hall–Kier alpha value is -3.01. The third-order valence-electron chi connectivity index (χ3n) is 5.24. The number of nitrogens with zero attached hydrogens (tertiary/aromatic N) is 1. The second-order valence-electron chi connectivity index (χ2n) is 7.67. The third kappa shape index (κ3) is 4.59. The Morgan fingerprint density at radius 2 is 1.84 bits per heavy atom. The number of fused-ring (bicyclic) bond motifs is 1. The van der Waals surface area contributed by atoms with Crippen molar-refractivity contribution in [1.82, 2.24) is 4.31 Å². The zero-order chi connectivity index (χ0) is 22.9. The van der Waals surface area contributed by atoms with Gasteiger partial charge in [0, 0.05) is 30.5 Å². The molecule has 0 spiro atoms. The van der Waals surface area contributed by atoms with Gasteiger partial charge in [-0.25, -0.2) is 8.42 Å². The Morgan fingerprint density at radius 1 is 1.03 bits per heavy atom. The summed E-state index contributed by atoms with van der Waals surface area (Å²) in [5, 5.41) is 7.45. The molecule has 0 bridgehead atoms. The summed E-state index contributed by atoms with van der Waals surface area (Å²) in [5.41, 5.74) is 3.07. The summed E-state index contributed by atoms with van der Waals surface area (Å²) in [7, 11) is -3.74. The summed E-state index contributed by atoms with van der Waals surface area (Å²) in [6, 6.07) is 13.3. The minimum absolute atomic E-state index is 0.0788. The predicted octanol–water partition coefficient (Wildman–Crippen LogP) is 4.01. The minimum atomic E-state index is -3.74. The van der Waals surface area contributed by atoms with Gasteiger partial charge in [-0.2, -0.15) is 4.31 Å². The van der Waals surface area contributed by atoms with E-state index in [9.17, 15) is 18.0 Å². The summed E-state index contributed by atoms with van der Waals surface area (Å²) >= 11 is 1.65. The van der Waals surface area contributed by atoms with E-state index >= 15 is 0 Å². The lowest BCUT2D eigenvalue weighted by Gasteiger charge is -2.26. The van der Waals surface area contributed by atoms with Crippen LogP contribution in [0.3, 0.4) is 0 Å². The Balaban J connectivity index is 1.58. The van der Waals surface area contributed by atoms with Crippen LogP contribution in [0.4, 0.5) is 11.4 Å². The first-order valence-electron chi connectivity index (χ1n) is 10.1. The number of hydrogen-bond acceptors (Lipinski definition) is 5. The molecule has 2 aromatic carbocycles. The highest BCUT2D eigenvalue weighted by Gasteiger charge is 2.29. The van der Waals surface area contributed by atoms with Gasteiger partial charge in [-0.3, -0.25) is 9.59 Å². The summed E-state index contributed by atoms with van der Waals surface area (Å²) in [6.45, 7) is 4.01. The first kappa shape index (κ1) is 22.2. The molecule has 7 nitrogen and oxygen atoms in total. The van der Waals surface area contributed by atoms with Crippen molar-refractivity contribution in [3.05, 3.63) is 75.5 Å². The maximum atomic E-state index is 13.2. The van der Waals surface area contributed by atoms with E-state index in [1.54, 1.807) is 35.6 Å². The number of sulfonamides is 1. The fourth-order valence-corrected chi connectivity index (χ4v) is 5.98.